The molecular formula is C20H19N3O2S. The molecule has 132 valence electrons. The number of hydrazone groups is 1. The molecule has 3 aromatic rings. The molecule has 3 rings (SSSR count). The zero-order valence-electron chi connectivity index (χ0n) is 14.5. The Balaban J connectivity index is 1.70. The van der Waals surface area contributed by atoms with Crippen LogP contribution in [0.3, 0.4) is 0 Å². The smallest absolute Gasteiger partial charge is 0.289 e. The van der Waals surface area contributed by atoms with Gasteiger partial charge in [-0.2, -0.15) is 5.10 Å². The second-order valence-electron chi connectivity index (χ2n) is 5.81. The molecule has 0 aliphatic rings. The normalized spacial score (nSPS) is 11.0. The number of nitrogens with zero attached hydrogens (tertiary/aromatic N) is 2. The number of hydrogen-bond acceptors (Lipinski definition) is 5. The molecule has 0 fully saturated rings. The maximum atomic E-state index is 12.2. The van der Waals surface area contributed by atoms with Crippen LogP contribution in [-0.2, 0) is 0 Å². The molecule has 5 nitrogen and oxygen atoms in total. The maximum Gasteiger partial charge on any atom is 0.289 e. The summed E-state index contributed by atoms with van der Waals surface area (Å²) >= 11 is 1.55. The van der Waals surface area contributed by atoms with Gasteiger partial charge in [0, 0.05) is 10.4 Å². The third kappa shape index (κ3) is 4.77. The van der Waals surface area contributed by atoms with E-state index in [2.05, 4.69) is 15.5 Å². The number of hydrogen-bond donors (Lipinski definition) is 1. The summed E-state index contributed by atoms with van der Waals surface area (Å²) in [6.07, 6.45) is 1.74. The van der Waals surface area contributed by atoms with Crippen LogP contribution in [0.4, 0.5) is 0 Å². The van der Waals surface area contributed by atoms with Crippen LogP contribution in [0, 0.1) is 0 Å². The number of carbonyl (C=O) groups is 1. The van der Waals surface area contributed by atoms with Gasteiger partial charge in [0.2, 0.25) is 0 Å². The van der Waals surface area contributed by atoms with Crippen LogP contribution in [0.2, 0.25) is 0 Å². The number of amides is 1. The van der Waals surface area contributed by atoms with Crippen molar-refractivity contribution in [1.82, 2.24) is 10.4 Å². The summed E-state index contributed by atoms with van der Waals surface area (Å²) in [5.41, 5.74) is 4.45. The second-order valence-corrected chi connectivity index (χ2v) is 6.79. The van der Waals surface area contributed by atoms with Crippen molar-refractivity contribution < 1.29 is 9.53 Å². The lowest BCUT2D eigenvalue weighted by atomic mass is 10.1. The van der Waals surface area contributed by atoms with Gasteiger partial charge in [-0.15, -0.1) is 11.3 Å². The van der Waals surface area contributed by atoms with Gasteiger partial charge in [0.05, 0.1) is 18.0 Å². The highest BCUT2D eigenvalue weighted by molar-refractivity contribution is 7.11. The van der Waals surface area contributed by atoms with Crippen LogP contribution in [0.1, 0.15) is 29.2 Å². The number of thiophene rings is 1. The summed E-state index contributed by atoms with van der Waals surface area (Å²) in [7, 11) is 0. The molecule has 0 unspecified atom stereocenters. The van der Waals surface area contributed by atoms with E-state index >= 15 is 0 Å². The largest absolute Gasteiger partial charge is 0.491 e. The van der Waals surface area contributed by atoms with Crippen LogP contribution < -0.4 is 10.2 Å². The topological polar surface area (TPSA) is 63.6 Å². The van der Waals surface area contributed by atoms with E-state index in [1.807, 2.05) is 61.7 Å². The predicted molar refractivity (Wildman–Crippen MR) is 105 cm³/mol. The first-order chi connectivity index (χ1) is 12.6. The van der Waals surface area contributed by atoms with Crippen molar-refractivity contribution in [1.29, 1.82) is 0 Å². The lowest BCUT2D eigenvalue weighted by Gasteiger charge is -2.10. The Morgan fingerprint density at radius 2 is 1.96 bits per heavy atom. The molecule has 1 aromatic carbocycles. The fourth-order valence-electron chi connectivity index (χ4n) is 2.27. The van der Waals surface area contributed by atoms with Gasteiger partial charge in [0.25, 0.3) is 5.91 Å². The number of rotatable bonds is 6. The first kappa shape index (κ1) is 17.8. The molecule has 0 atom stereocenters. The number of aromatic nitrogens is 1. The highest BCUT2D eigenvalue weighted by atomic mass is 32.1. The fourth-order valence-corrected chi connectivity index (χ4v) is 2.86. The van der Waals surface area contributed by atoms with E-state index in [4.69, 9.17) is 4.74 Å². The first-order valence-corrected chi connectivity index (χ1v) is 9.11. The van der Waals surface area contributed by atoms with Crippen LogP contribution in [0.25, 0.3) is 11.3 Å². The summed E-state index contributed by atoms with van der Waals surface area (Å²) in [5, 5.41) is 5.91. The third-order valence-corrected chi connectivity index (χ3v) is 4.21. The zero-order valence-corrected chi connectivity index (χ0v) is 15.4. The summed E-state index contributed by atoms with van der Waals surface area (Å²) < 4.78 is 5.64. The molecule has 6 heteroatoms. The van der Waals surface area contributed by atoms with Crippen molar-refractivity contribution in [3.8, 4) is 17.0 Å². The van der Waals surface area contributed by atoms with Crippen molar-refractivity contribution in [3.05, 3.63) is 70.5 Å². The molecule has 0 spiro atoms. The Morgan fingerprint density at radius 1 is 1.15 bits per heavy atom. The van der Waals surface area contributed by atoms with E-state index in [0.717, 1.165) is 21.9 Å². The summed E-state index contributed by atoms with van der Waals surface area (Å²) in [6, 6.07) is 16.8. The van der Waals surface area contributed by atoms with Gasteiger partial charge in [0.15, 0.2) is 0 Å². The lowest BCUT2D eigenvalue weighted by Crippen LogP contribution is -2.19. The van der Waals surface area contributed by atoms with Crippen molar-refractivity contribution in [3.63, 3.8) is 0 Å². The number of benzene rings is 1. The van der Waals surface area contributed by atoms with E-state index in [1.54, 1.807) is 29.7 Å². The van der Waals surface area contributed by atoms with Gasteiger partial charge in [-0.05, 0) is 61.7 Å². The second kappa shape index (κ2) is 8.40. The quantitative estimate of drug-likeness (QED) is 0.521. The van der Waals surface area contributed by atoms with Crippen molar-refractivity contribution in [2.75, 3.05) is 0 Å². The Morgan fingerprint density at radius 3 is 2.65 bits per heavy atom. The van der Waals surface area contributed by atoms with Crippen molar-refractivity contribution in [2.24, 2.45) is 5.10 Å². The Bertz CT molecular complexity index is 888. The minimum atomic E-state index is -0.348. The Kier molecular flexibility index (Phi) is 5.76. The van der Waals surface area contributed by atoms with Gasteiger partial charge in [-0.25, -0.2) is 10.4 Å². The SMILES string of the molecule is CC(C)Oc1ccc(-c2cccc(C(=O)NN=Cc3cccs3)n2)cc1. The Labute approximate surface area is 156 Å². The average Bonchev–Trinajstić information content (AvgIpc) is 3.15. The number of pyridine rings is 1. The third-order valence-electron chi connectivity index (χ3n) is 3.40. The summed E-state index contributed by atoms with van der Waals surface area (Å²) in [4.78, 5) is 17.6. The zero-order chi connectivity index (χ0) is 18.4. The predicted octanol–water partition coefficient (Wildman–Crippen LogP) is 4.36. The minimum Gasteiger partial charge on any atom is -0.491 e. The van der Waals surface area contributed by atoms with E-state index in [0.29, 0.717) is 5.69 Å². The van der Waals surface area contributed by atoms with Gasteiger partial charge in [-0.1, -0.05) is 12.1 Å². The Hall–Kier alpha value is -2.99. The molecule has 2 heterocycles. The van der Waals surface area contributed by atoms with E-state index < -0.39 is 0 Å². The van der Waals surface area contributed by atoms with E-state index in [9.17, 15) is 4.79 Å². The molecule has 0 saturated carbocycles. The van der Waals surface area contributed by atoms with Crippen molar-refractivity contribution in [2.45, 2.75) is 20.0 Å². The van der Waals surface area contributed by atoms with E-state index in [-0.39, 0.29) is 12.0 Å². The average molecular weight is 365 g/mol. The summed E-state index contributed by atoms with van der Waals surface area (Å²) in [5.74, 6) is 0.458. The molecular weight excluding hydrogens is 346 g/mol. The van der Waals surface area contributed by atoms with Gasteiger partial charge >= 0.3 is 0 Å². The van der Waals surface area contributed by atoms with Gasteiger partial charge < -0.3 is 4.74 Å². The molecule has 0 saturated heterocycles. The molecule has 2 aromatic heterocycles. The molecule has 0 aliphatic heterocycles. The molecule has 0 aliphatic carbocycles. The standard InChI is InChI=1S/C20H19N3O2S/c1-14(2)25-16-10-8-15(9-11-16)18-6-3-7-19(22-18)20(24)23-21-13-17-5-4-12-26-17/h3-14H,1-2H3,(H,23,24). The van der Waals surface area contributed by atoms with E-state index in [1.165, 1.54) is 0 Å². The fraction of sp³-hybridized carbons (Fsp3) is 0.150. The first-order valence-electron chi connectivity index (χ1n) is 8.23. The van der Waals surface area contributed by atoms with Gasteiger partial charge in [0.1, 0.15) is 11.4 Å². The molecule has 0 bridgehead atoms. The van der Waals surface area contributed by atoms with Crippen LogP contribution in [0.5, 0.6) is 5.75 Å². The number of carbonyl (C=O) groups excluding carboxylic acids is 1. The maximum absolute atomic E-state index is 12.2. The highest BCUT2D eigenvalue weighted by Crippen LogP contribution is 2.21. The molecule has 1 amide bonds. The van der Waals surface area contributed by atoms with Crippen LogP contribution in [-0.4, -0.2) is 23.2 Å². The van der Waals surface area contributed by atoms with Crippen LogP contribution in [0.15, 0.2) is 65.1 Å². The highest BCUT2D eigenvalue weighted by Gasteiger charge is 2.08. The molecule has 1 N–H and O–H groups in total. The molecule has 26 heavy (non-hydrogen) atoms. The van der Waals surface area contributed by atoms with Crippen LogP contribution >= 0.6 is 11.3 Å². The minimum absolute atomic E-state index is 0.126. The summed E-state index contributed by atoms with van der Waals surface area (Å²) in [6.45, 7) is 3.97. The number of nitrogens with one attached hydrogen (secondary N) is 1. The van der Waals surface area contributed by atoms with Crippen molar-refractivity contribution >= 4 is 23.5 Å². The lowest BCUT2D eigenvalue weighted by molar-refractivity contribution is 0.0950. The monoisotopic (exact) mass is 365 g/mol. The molecule has 0 radical (unpaired) electrons. The number of ether oxygens (including phenoxy) is 1. The van der Waals surface area contributed by atoms with Gasteiger partial charge in [-0.3, -0.25) is 4.79 Å².